The molecule has 8 heteroatoms. The van der Waals surface area contributed by atoms with Crippen molar-refractivity contribution in [1.82, 2.24) is 5.01 Å². The molecule has 3 aromatic carbocycles. The number of hydrogen-bond donors (Lipinski definition) is 0. The van der Waals surface area contributed by atoms with Crippen LogP contribution in [0, 0.1) is 0 Å². The van der Waals surface area contributed by atoms with E-state index >= 15 is 0 Å². The van der Waals surface area contributed by atoms with E-state index in [1.165, 1.54) is 0 Å². The van der Waals surface area contributed by atoms with Crippen molar-refractivity contribution < 1.29 is 14.2 Å². The number of rotatable bonds is 4. The molecule has 2 aliphatic heterocycles. The maximum atomic E-state index is 6.53. The molecule has 0 fully saturated rings. The second-order valence-corrected chi connectivity index (χ2v) is 8.82. The van der Waals surface area contributed by atoms with Crippen LogP contribution >= 0.6 is 34.8 Å². The minimum absolute atomic E-state index is 0.0845. The van der Waals surface area contributed by atoms with E-state index in [2.05, 4.69) is 0 Å². The molecule has 5 rings (SSSR count). The average Bonchev–Trinajstić information content (AvgIpc) is 3.25. The first-order chi connectivity index (χ1) is 15.5. The van der Waals surface area contributed by atoms with Crippen LogP contribution in [0.25, 0.3) is 0 Å². The lowest BCUT2D eigenvalue weighted by Gasteiger charge is -2.38. The van der Waals surface area contributed by atoms with Gasteiger partial charge in [-0.15, -0.1) is 0 Å². The monoisotopic (exact) mass is 488 g/mol. The Hall–Kier alpha value is -2.60. The number of hydrogen-bond acceptors (Lipinski definition) is 5. The number of hydrazone groups is 1. The molecule has 5 nitrogen and oxygen atoms in total. The Morgan fingerprint density at radius 3 is 2.38 bits per heavy atom. The van der Waals surface area contributed by atoms with E-state index in [1.807, 2.05) is 53.5 Å². The number of benzene rings is 3. The van der Waals surface area contributed by atoms with Gasteiger partial charge in [0.25, 0.3) is 0 Å². The summed E-state index contributed by atoms with van der Waals surface area (Å²) in [4.78, 5) is 0. The minimum Gasteiger partial charge on any atom is -0.493 e. The summed E-state index contributed by atoms with van der Waals surface area (Å²) in [5.41, 5.74) is 3.68. The highest BCUT2D eigenvalue weighted by Crippen LogP contribution is 2.51. The second kappa shape index (κ2) is 8.39. The van der Waals surface area contributed by atoms with E-state index in [0.29, 0.717) is 38.7 Å². The molecule has 2 atom stereocenters. The molecule has 2 aliphatic rings. The third-order valence-corrected chi connectivity index (χ3v) is 6.43. The van der Waals surface area contributed by atoms with Crippen molar-refractivity contribution in [3.63, 3.8) is 0 Å². The molecule has 164 valence electrons. The lowest BCUT2D eigenvalue weighted by Crippen LogP contribution is -2.33. The topological polar surface area (TPSA) is 43.3 Å². The van der Waals surface area contributed by atoms with Gasteiger partial charge in [-0.2, -0.15) is 5.10 Å². The lowest BCUT2D eigenvalue weighted by atomic mass is 9.95. The van der Waals surface area contributed by atoms with Crippen LogP contribution in [0.3, 0.4) is 0 Å². The van der Waals surface area contributed by atoms with Crippen molar-refractivity contribution in [3.8, 4) is 17.2 Å². The third kappa shape index (κ3) is 3.64. The third-order valence-electron chi connectivity index (χ3n) is 5.68. The smallest absolute Gasteiger partial charge is 0.213 e. The van der Waals surface area contributed by atoms with E-state index in [1.54, 1.807) is 20.3 Å². The molecule has 0 aliphatic carbocycles. The largest absolute Gasteiger partial charge is 0.493 e. The zero-order chi connectivity index (χ0) is 22.4. The summed E-state index contributed by atoms with van der Waals surface area (Å²) < 4.78 is 17.2. The van der Waals surface area contributed by atoms with E-state index < -0.39 is 6.23 Å². The normalized spacial score (nSPS) is 19.0. The maximum absolute atomic E-state index is 6.53. The Balaban J connectivity index is 1.61. The fourth-order valence-corrected chi connectivity index (χ4v) is 4.83. The average molecular weight is 490 g/mol. The molecule has 0 radical (unpaired) electrons. The summed E-state index contributed by atoms with van der Waals surface area (Å²) in [6.07, 6.45) is 0.202. The number of fused-ring (bicyclic) bond motifs is 3. The lowest BCUT2D eigenvalue weighted by molar-refractivity contribution is -0.0189. The van der Waals surface area contributed by atoms with Crippen molar-refractivity contribution in [1.29, 1.82) is 0 Å². The van der Waals surface area contributed by atoms with Crippen molar-refractivity contribution in [3.05, 3.63) is 86.4 Å². The Morgan fingerprint density at radius 2 is 1.66 bits per heavy atom. The number of methoxy groups -OCH3 is 2. The summed E-state index contributed by atoms with van der Waals surface area (Å²) >= 11 is 19.0. The zero-order valence-corrected chi connectivity index (χ0v) is 19.6. The van der Waals surface area contributed by atoms with E-state index in [-0.39, 0.29) is 6.04 Å². The molecule has 0 saturated heterocycles. The molecular weight excluding hydrogens is 471 g/mol. The van der Waals surface area contributed by atoms with Crippen molar-refractivity contribution >= 4 is 40.5 Å². The standard InChI is InChI=1S/C24H19Cl3N2O3/c1-30-21-8-5-14(9-22(21)31-2)19-12-20-17-10-16(26)11-18(27)23(17)32-24(29(20)28-19)13-3-6-15(25)7-4-13/h3-11,20,24H,12H2,1-2H3. The van der Waals surface area contributed by atoms with Crippen LogP contribution in [-0.4, -0.2) is 24.9 Å². The summed E-state index contributed by atoms with van der Waals surface area (Å²) in [5.74, 6) is 1.94. The molecular formula is C24H19Cl3N2O3. The Bertz CT molecular complexity index is 1210. The number of halogens is 3. The Morgan fingerprint density at radius 1 is 0.906 bits per heavy atom. The highest BCUT2D eigenvalue weighted by Gasteiger charge is 2.42. The van der Waals surface area contributed by atoms with Gasteiger partial charge in [-0.1, -0.05) is 46.9 Å². The SMILES string of the molecule is COc1ccc(C2=NN3C(C2)c2cc(Cl)cc(Cl)c2OC3c2ccc(Cl)cc2)cc1OC. The van der Waals surface area contributed by atoms with Gasteiger partial charge >= 0.3 is 0 Å². The van der Waals surface area contributed by atoms with Gasteiger partial charge in [-0.3, -0.25) is 0 Å². The Kier molecular flexibility index (Phi) is 5.58. The van der Waals surface area contributed by atoms with E-state index in [0.717, 1.165) is 22.4 Å². The summed E-state index contributed by atoms with van der Waals surface area (Å²) in [5, 5.41) is 8.61. The summed E-state index contributed by atoms with van der Waals surface area (Å²) in [7, 11) is 3.23. The van der Waals surface area contributed by atoms with Gasteiger partial charge in [0.05, 0.1) is 31.0 Å². The molecule has 32 heavy (non-hydrogen) atoms. The predicted molar refractivity (Wildman–Crippen MR) is 127 cm³/mol. The summed E-state index contributed by atoms with van der Waals surface area (Å²) in [6.45, 7) is 0. The van der Waals surface area contributed by atoms with Crippen LogP contribution in [0.15, 0.2) is 59.7 Å². The molecule has 0 spiro atoms. The first kappa shape index (κ1) is 21.3. The predicted octanol–water partition coefficient (Wildman–Crippen LogP) is 6.91. The molecule has 3 aromatic rings. The molecule has 0 amide bonds. The maximum Gasteiger partial charge on any atom is 0.213 e. The zero-order valence-electron chi connectivity index (χ0n) is 17.3. The van der Waals surface area contributed by atoms with Gasteiger partial charge < -0.3 is 14.2 Å². The van der Waals surface area contributed by atoms with Crippen LogP contribution in [0.1, 0.15) is 35.4 Å². The quantitative estimate of drug-likeness (QED) is 0.399. The number of nitrogens with zero attached hydrogens (tertiary/aromatic N) is 2. The molecule has 2 unspecified atom stereocenters. The van der Waals surface area contributed by atoms with Crippen molar-refractivity contribution in [2.75, 3.05) is 14.2 Å². The number of ether oxygens (including phenoxy) is 3. The van der Waals surface area contributed by atoms with E-state index in [9.17, 15) is 0 Å². The molecule has 0 aromatic heterocycles. The van der Waals surface area contributed by atoms with Crippen molar-refractivity contribution in [2.45, 2.75) is 18.7 Å². The van der Waals surface area contributed by atoms with Crippen LogP contribution < -0.4 is 14.2 Å². The fourth-order valence-electron chi connectivity index (χ4n) is 4.15. The fraction of sp³-hybridized carbons (Fsp3) is 0.208. The Labute approximate surface area is 201 Å². The first-order valence-electron chi connectivity index (χ1n) is 9.97. The van der Waals surface area contributed by atoms with Gasteiger partial charge in [-0.05, 0) is 42.5 Å². The van der Waals surface area contributed by atoms with E-state index in [4.69, 9.17) is 54.1 Å². The van der Waals surface area contributed by atoms with Gasteiger partial charge in [0, 0.05) is 33.2 Å². The van der Waals surface area contributed by atoms with Gasteiger partial charge in [0.15, 0.2) is 11.5 Å². The van der Waals surface area contributed by atoms with Crippen LogP contribution in [0.2, 0.25) is 15.1 Å². The van der Waals surface area contributed by atoms with Gasteiger partial charge in [-0.25, -0.2) is 5.01 Å². The minimum atomic E-state index is -0.457. The van der Waals surface area contributed by atoms with Crippen LogP contribution in [-0.2, 0) is 0 Å². The van der Waals surface area contributed by atoms with Crippen LogP contribution in [0.4, 0.5) is 0 Å². The molecule has 0 saturated carbocycles. The molecule has 0 bridgehead atoms. The first-order valence-corrected chi connectivity index (χ1v) is 11.1. The highest BCUT2D eigenvalue weighted by molar-refractivity contribution is 6.35. The second-order valence-electron chi connectivity index (χ2n) is 7.54. The molecule has 2 heterocycles. The van der Waals surface area contributed by atoms with Gasteiger partial charge in [0.1, 0.15) is 5.75 Å². The van der Waals surface area contributed by atoms with Gasteiger partial charge in [0.2, 0.25) is 6.23 Å². The summed E-state index contributed by atoms with van der Waals surface area (Å²) in [6, 6.07) is 16.8. The van der Waals surface area contributed by atoms with Crippen LogP contribution in [0.5, 0.6) is 17.2 Å². The highest BCUT2D eigenvalue weighted by atomic mass is 35.5. The van der Waals surface area contributed by atoms with Crippen molar-refractivity contribution in [2.24, 2.45) is 5.10 Å². The molecule has 0 N–H and O–H groups in total.